The van der Waals surface area contributed by atoms with Crippen LogP contribution in [0.1, 0.15) is 18.9 Å². The van der Waals surface area contributed by atoms with Gasteiger partial charge in [0, 0.05) is 12.6 Å². The van der Waals surface area contributed by atoms with Crippen LogP contribution in [-0.2, 0) is 6.18 Å². The van der Waals surface area contributed by atoms with Crippen molar-refractivity contribution in [3.05, 3.63) is 30.6 Å². The molecule has 1 heterocycles. The third-order valence-corrected chi connectivity index (χ3v) is 4.84. The van der Waals surface area contributed by atoms with E-state index >= 15 is 0 Å². The number of alkyl halides is 3. The number of hydrogen-bond donors (Lipinski definition) is 1. The van der Waals surface area contributed by atoms with E-state index < -0.39 is 26.4 Å². The van der Waals surface area contributed by atoms with Crippen LogP contribution in [-0.4, -0.2) is 11.5 Å². The van der Waals surface area contributed by atoms with Crippen LogP contribution in [0.3, 0.4) is 0 Å². The summed E-state index contributed by atoms with van der Waals surface area (Å²) in [5.41, 5.74) is -1.83. The fourth-order valence-electron chi connectivity index (χ4n) is 1.79. The Balaban J connectivity index is 2.84. The highest BCUT2D eigenvalue weighted by molar-refractivity contribution is 7.36. The Hall–Kier alpha value is -1.68. The molecule has 1 aromatic carbocycles. The molecule has 0 radical (unpaired) electrons. The van der Waals surface area contributed by atoms with E-state index in [-0.39, 0.29) is 15.1 Å². The van der Waals surface area contributed by atoms with Crippen molar-refractivity contribution in [3.8, 4) is 0 Å². The monoisotopic (exact) mass is 338 g/mol. The summed E-state index contributed by atoms with van der Waals surface area (Å²) in [6, 6.07) is 0.489. The van der Waals surface area contributed by atoms with Crippen LogP contribution in [0.5, 0.6) is 0 Å². The van der Waals surface area contributed by atoms with E-state index in [0.717, 1.165) is 0 Å². The van der Waals surface area contributed by atoms with E-state index in [1.165, 1.54) is 0 Å². The molecule has 0 fully saturated rings. The van der Waals surface area contributed by atoms with Crippen LogP contribution in [0.2, 0.25) is 0 Å². The molecule has 0 saturated heterocycles. The number of hydrogen-bond acceptors (Lipinski definition) is 6. The number of nitro groups is 1. The van der Waals surface area contributed by atoms with Crippen LogP contribution >= 0.6 is 22.7 Å². The second-order valence-corrected chi connectivity index (χ2v) is 6.34. The molecule has 0 spiro atoms. The SMILES string of the molecule is CCCNc1c([N+](=O)[O-])cc(C(F)(F)F)c2sc(=O)sc12. The summed E-state index contributed by atoms with van der Waals surface area (Å²) in [5, 5.41) is 13.8. The summed E-state index contributed by atoms with van der Waals surface area (Å²) in [6.45, 7) is 2.17. The van der Waals surface area contributed by atoms with Crippen LogP contribution in [0.4, 0.5) is 24.5 Å². The predicted molar refractivity (Wildman–Crippen MR) is 76.4 cm³/mol. The van der Waals surface area contributed by atoms with Crippen LogP contribution < -0.4 is 9.37 Å². The highest BCUT2D eigenvalue weighted by Crippen LogP contribution is 2.45. The van der Waals surface area contributed by atoms with Crippen molar-refractivity contribution in [1.82, 2.24) is 0 Å². The minimum Gasteiger partial charge on any atom is -0.378 e. The predicted octanol–water partition coefficient (Wildman–Crippen LogP) is 4.07. The lowest BCUT2D eigenvalue weighted by Crippen LogP contribution is -2.09. The molecule has 2 aromatic rings. The molecular weight excluding hydrogens is 329 g/mol. The van der Waals surface area contributed by atoms with Crippen molar-refractivity contribution in [3.63, 3.8) is 0 Å². The molecule has 0 aliphatic heterocycles. The lowest BCUT2D eigenvalue weighted by Gasteiger charge is -2.12. The number of fused-ring (bicyclic) bond motifs is 1. The first-order valence-corrected chi connectivity index (χ1v) is 7.45. The lowest BCUT2D eigenvalue weighted by atomic mass is 10.1. The van der Waals surface area contributed by atoms with Crippen LogP contribution in [0.25, 0.3) is 9.40 Å². The van der Waals surface area contributed by atoms with Gasteiger partial charge in [0.1, 0.15) is 5.69 Å². The topological polar surface area (TPSA) is 72.2 Å². The average Bonchev–Trinajstić information content (AvgIpc) is 2.74. The molecule has 0 saturated carbocycles. The van der Waals surface area contributed by atoms with Gasteiger partial charge in [0.2, 0.25) is 0 Å². The minimum atomic E-state index is -4.75. The first-order valence-electron chi connectivity index (χ1n) is 5.81. The lowest BCUT2D eigenvalue weighted by molar-refractivity contribution is -0.384. The molecule has 10 heteroatoms. The van der Waals surface area contributed by atoms with E-state index in [1.807, 2.05) is 6.92 Å². The first-order chi connectivity index (χ1) is 9.75. The molecule has 0 amide bonds. The molecule has 0 atom stereocenters. The fraction of sp³-hybridized carbons (Fsp3) is 0.364. The van der Waals surface area contributed by atoms with Crippen molar-refractivity contribution in [1.29, 1.82) is 0 Å². The Bertz CT molecular complexity index is 751. The zero-order valence-electron chi connectivity index (χ0n) is 10.6. The van der Waals surface area contributed by atoms with Gasteiger partial charge < -0.3 is 5.32 Å². The molecule has 5 nitrogen and oxygen atoms in total. The van der Waals surface area contributed by atoms with Gasteiger partial charge >= 0.3 is 6.18 Å². The number of benzene rings is 1. The first kappa shape index (κ1) is 15.7. The van der Waals surface area contributed by atoms with Gasteiger partial charge in [-0.3, -0.25) is 14.9 Å². The molecular formula is C11H9F3N2O3S2. The van der Waals surface area contributed by atoms with Crippen molar-refractivity contribution >= 4 is 43.4 Å². The van der Waals surface area contributed by atoms with Crippen molar-refractivity contribution in [2.45, 2.75) is 19.5 Å². The van der Waals surface area contributed by atoms with Gasteiger partial charge in [-0.25, -0.2) is 0 Å². The molecule has 21 heavy (non-hydrogen) atoms. The summed E-state index contributed by atoms with van der Waals surface area (Å²) in [7, 11) is 0. The van der Waals surface area contributed by atoms with E-state index in [1.54, 1.807) is 0 Å². The van der Waals surface area contributed by atoms with E-state index in [2.05, 4.69) is 5.32 Å². The summed E-state index contributed by atoms with van der Waals surface area (Å²) in [4.78, 5) is 21.6. The maximum Gasteiger partial charge on any atom is 0.418 e. The fourth-order valence-corrected chi connectivity index (χ4v) is 4.00. The van der Waals surface area contributed by atoms with Gasteiger partial charge in [-0.2, -0.15) is 13.2 Å². The molecule has 0 unspecified atom stereocenters. The van der Waals surface area contributed by atoms with Gasteiger partial charge in [0.05, 0.1) is 19.9 Å². The number of nitro benzene ring substituents is 1. The smallest absolute Gasteiger partial charge is 0.378 e. The Morgan fingerprint density at radius 1 is 1.33 bits per heavy atom. The summed E-state index contributed by atoms with van der Waals surface area (Å²) in [5.74, 6) is 0. The van der Waals surface area contributed by atoms with Crippen molar-refractivity contribution in [2.75, 3.05) is 11.9 Å². The maximum atomic E-state index is 13.0. The van der Waals surface area contributed by atoms with E-state index in [0.29, 0.717) is 41.7 Å². The van der Waals surface area contributed by atoms with E-state index in [4.69, 9.17) is 0 Å². The van der Waals surface area contributed by atoms with Crippen molar-refractivity contribution < 1.29 is 18.1 Å². The second-order valence-electron chi connectivity index (χ2n) is 4.11. The zero-order valence-corrected chi connectivity index (χ0v) is 12.2. The number of halogens is 3. The second kappa shape index (κ2) is 5.60. The number of nitrogens with zero attached hydrogens (tertiary/aromatic N) is 1. The molecule has 0 bridgehead atoms. The Morgan fingerprint density at radius 3 is 2.48 bits per heavy atom. The van der Waals surface area contributed by atoms with Crippen molar-refractivity contribution in [2.24, 2.45) is 0 Å². The number of nitrogens with one attached hydrogen (secondary N) is 1. The Morgan fingerprint density at radius 2 is 1.95 bits per heavy atom. The normalized spacial score (nSPS) is 11.8. The van der Waals surface area contributed by atoms with Gasteiger partial charge in [-0.1, -0.05) is 29.6 Å². The largest absolute Gasteiger partial charge is 0.418 e. The zero-order chi connectivity index (χ0) is 15.8. The van der Waals surface area contributed by atoms with E-state index in [9.17, 15) is 28.1 Å². The Labute approximate surface area is 124 Å². The summed E-state index contributed by atoms with van der Waals surface area (Å²) >= 11 is 1.04. The third kappa shape index (κ3) is 3.00. The highest BCUT2D eigenvalue weighted by Gasteiger charge is 2.37. The highest BCUT2D eigenvalue weighted by atomic mass is 32.2. The van der Waals surface area contributed by atoms with Gasteiger partial charge in [0.25, 0.3) is 9.74 Å². The van der Waals surface area contributed by atoms with Gasteiger partial charge in [0.15, 0.2) is 0 Å². The maximum absolute atomic E-state index is 13.0. The standard InChI is InChI=1S/C11H9F3N2O3S2/c1-2-3-15-7-6(16(18)19)4-5(11(12,13)14)8-9(7)21-10(17)20-8/h4,15H,2-3H2,1H3. The number of rotatable bonds is 4. The molecule has 0 aliphatic rings. The minimum absolute atomic E-state index is 0.0139. The molecule has 2 rings (SSSR count). The van der Waals surface area contributed by atoms with Crippen LogP contribution in [0, 0.1) is 10.1 Å². The quantitative estimate of drug-likeness (QED) is 0.674. The third-order valence-electron chi connectivity index (χ3n) is 2.64. The molecule has 1 N–H and O–H groups in total. The van der Waals surface area contributed by atoms with Gasteiger partial charge in [-0.05, 0) is 6.42 Å². The average molecular weight is 338 g/mol. The molecule has 1 aromatic heterocycles. The molecule has 0 aliphatic carbocycles. The summed E-state index contributed by atoms with van der Waals surface area (Å²) < 4.78 is 38.3. The molecule has 114 valence electrons. The summed E-state index contributed by atoms with van der Waals surface area (Å²) in [6.07, 6.45) is -4.12. The number of anilines is 1. The van der Waals surface area contributed by atoms with Gasteiger partial charge in [-0.15, -0.1) is 0 Å². The Kier molecular flexibility index (Phi) is 4.19. The van der Waals surface area contributed by atoms with Crippen LogP contribution in [0.15, 0.2) is 10.9 Å².